The van der Waals surface area contributed by atoms with E-state index in [9.17, 15) is 4.79 Å². The van der Waals surface area contributed by atoms with Crippen molar-refractivity contribution in [1.82, 2.24) is 5.43 Å². The molecule has 0 saturated carbocycles. The van der Waals surface area contributed by atoms with Gasteiger partial charge in [0.25, 0.3) is 5.90 Å². The Morgan fingerprint density at radius 2 is 2.06 bits per heavy atom. The minimum Gasteiger partial charge on any atom is -0.445 e. The first kappa shape index (κ1) is 10.5. The van der Waals surface area contributed by atoms with Crippen LogP contribution >= 0.6 is 0 Å². The van der Waals surface area contributed by atoms with Crippen molar-refractivity contribution in [2.75, 3.05) is 5.32 Å². The summed E-state index contributed by atoms with van der Waals surface area (Å²) >= 11 is 0. The Morgan fingerprint density at radius 1 is 1.38 bits per heavy atom. The first-order valence-corrected chi connectivity index (χ1v) is 4.97. The number of ether oxygens (including phenoxy) is 1. The molecule has 0 atom stereocenters. The van der Waals surface area contributed by atoms with Crippen LogP contribution in [0.3, 0.4) is 0 Å². The molecule has 0 saturated heterocycles. The fourth-order valence-electron chi connectivity index (χ4n) is 1.28. The van der Waals surface area contributed by atoms with Crippen molar-refractivity contribution in [2.24, 2.45) is 5.10 Å². The van der Waals surface area contributed by atoms with E-state index < -0.39 is 5.72 Å². The Morgan fingerprint density at radius 3 is 2.62 bits per heavy atom. The fourth-order valence-corrected chi connectivity index (χ4v) is 1.28. The largest absolute Gasteiger partial charge is 0.445 e. The lowest BCUT2D eigenvalue weighted by Crippen LogP contribution is -2.35. The normalized spacial score (nSPS) is 17.0. The summed E-state index contributed by atoms with van der Waals surface area (Å²) < 4.78 is 5.31. The van der Waals surface area contributed by atoms with Crippen LogP contribution in [0.4, 0.5) is 5.69 Å². The zero-order chi connectivity index (χ0) is 11.6. The van der Waals surface area contributed by atoms with Crippen molar-refractivity contribution in [1.29, 1.82) is 0 Å². The zero-order valence-electron chi connectivity index (χ0n) is 9.15. The second-order valence-corrected chi connectivity index (χ2v) is 3.96. The van der Waals surface area contributed by atoms with Gasteiger partial charge in [0.2, 0.25) is 0 Å². The van der Waals surface area contributed by atoms with Crippen molar-refractivity contribution >= 4 is 17.5 Å². The molecular formula is C11H13N3O2. The van der Waals surface area contributed by atoms with E-state index in [4.69, 9.17) is 4.74 Å². The molecule has 1 amide bonds. The van der Waals surface area contributed by atoms with Crippen LogP contribution in [0.2, 0.25) is 0 Å². The number of nitrogens with zero attached hydrogens (tertiary/aromatic N) is 1. The number of nitrogens with one attached hydrogen (secondary N) is 2. The summed E-state index contributed by atoms with van der Waals surface area (Å²) in [5, 5.41) is 6.50. The predicted octanol–water partition coefficient (Wildman–Crippen LogP) is 1.29. The highest BCUT2D eigenvalue weighted by molar-refractivity contribution is 6.40. The van der Waals surface area contributed by atoms with Crippen LogP contribution in [0.5, 0.6) is 0 Å². The minimum absolute atomic E-state index is 0.0499. The minimum atomic E-state index is -0.622. The quantitative estimate of drug-likeness (QED) is 0.788. The summed E-state index contributed by atoms with van der Waals surface area (Å²) in [6, 6.07) is 9.16. The molecule has 2 N–H and O–H groups in total. The molecule has 0 fully saturated rings. The van der Waals surface area contributed by atoms with Gasteiger partial charge in [-0.1, -0.05) is 18.2 Å². The number of carbonyl (C=O) groups is 1. The fraction of sp³-hybridized carbons (Fsp3) is 0.273. The summed E-state index contributed by atoms with van der Waals surface area (Å²) in [7, 11) is 0. The van der Waals surface area contributed by atoms with E-state index in [0.29, 0.717) is 5.69 Å². The number of hydrogen-bond acceptors (Lipinski definition) is 4. The number of benzene rings is 1. The molecule has 5 nitrogen and oxygen atoms in total. The summed E-state index contributed by atoms with van der Waals surface area (Å²) in [5.74, 6) is -0.307. The number of rotatable bonds is 2. The van der Waals surface area contributed by atoms with Crippen LogP contribution in [0.15, 0.2) is 35.4 Å². The van der Waals surface area contributed by atoms with E-state index in [0.717, 1.165) is 0 Å². The maximum absolute atomic E-state index is 11.7. The monoisotopic (exact) mass is 219 g/mol. The number of hydrogen-bond donors (Lipinski definition) is 2. The summed E-state index contributed by atoms with van der Waals surface area (Å²) in [6.07, 6.45) is 0. The number of carbonyl (C=O) groups excluding carboxylic acids is 1. The highest BCUT2D eigenvalue weighted by Crippen LogP contribution is 2.13. The van der Waals surface area contributed by atoms with Gasteiger partial charge in [-0.25, -0.2) is 0 Å². The lowest BCUT2D eigenvalue weighted by molar-refractivity contribution is -0.112. The van der Waals surface area contributed by atoms with E-state index in [1.165, 1.54) is 0 Å². The van der Waals surface area contributed by atoms with E-state index in [1.807, 2.05) is 18.2 Å². The molecule has 0 radical (unpaired) electrons. The van der Waals surface area contributed by atoms with E-state index in [1.54, 1.807) is 26.0 Å². The van der Waals surface area contributed by atoms with Crippen LogP contribution in [0, 0.1) is 0 Å². The second kappa shape index (κ2) is 3.84. The highest BCUT2D eigenvalue weighted by atomic mass is 16.5. The molecule has 1 aromatic rings. The molecule has 1 aromatic carbocycles. The summed E-state index contributed by atoms with van der Waals surface area (Å²) in [6.45, 7) is 3.58. The van der Waals surface area contributed by atoms with Gasteiger partial charge in [0.05, 0.1) is 0 Å². The average molecular weight is 219 g/mol. The molecule has 2 rings (SSSR count). The van der Waals surface area contributed by atoms with Crippen LogP contribution in [0.25, 0.3) is 0 Å². The summed E-state index contributed by atoms with van der Waals surface area (Å²) in [5.41, 5.74) is 2.81. The van der Waals surface area contributed by atoms with Gasteiger partial charge >= 0.3 is 5.91 Å². The van der Waals surface area contributed by atoms with E-state index >= 15 is 0 Å². The van der Waals surface area contributed by atoms with Crippen LogP contribution in [0.1, 0.15) is 13.8 Å². The molecule has 1 aliphatic rings. The molecule has 0 spiro atoms. The van der Waals surface area contributed by atoms with Gasteiger partial charge < -0.3 is 10.1 Å². The van der Waals surface area contributed by atoms with Gasteiger partial charge in [0.15, 0.2) is 5.72 Å². The first-order valence-electron chi connectivity index (χ1n) is 4.97. The third kappa shape index (κ3) is 2.31. The van der Waals surface area contributed by atoms with Gasteiger partial charge in [-0.2, -0.15) is 0 Å². The molecule has 0 aromatic heterocycles. The number of hydrazone groups is 1. The molecule has 16 heavy (non-hydrogen) atoms. The smallest absolute Gasteiger partial charge is 0.312 e. The van der Waals surface area contributed by atoms with Gasteiger partial charge in [-0.3, -0.25) is 10.2 Å². The summed E-state index contributed by atoms with van der Waals surface area (Å²) in [4.78, 5) is 11.7. The van der Waals surface area contributed by atoms with Crippen LogP contribution in [-0.2, 0) is 9.53 Å². The Balaban J connectivity index is 2.00. The maximum Gasteiger partial charge on any atom is 0.312 e. The topological polar surface area (TPSA) is 62.7 Å². The van der Waals surface area contributed by atoms with Crippen molar-refractivity contribution in [3.8, 4) is 0 Å². The highest BCUT2D eigenvalue weighted by Gasteiger charge is 2.30. The molecule has 84 valence electrons. The molecule has 0 bridgehead atoms. The molecule has 1 heterocycles. The molecular weight excluding hydrogens is 206 g/mol. The number of anilines is 1. The van der Waals surface area contributed by atoms with Crippen molar-refractivity contribution in [2.45, 2.75) is 19.6 Å². The predicted molar refractivity (Wildman–Crippen MR) is 60.8 cm³/mol. The molecule has 0 aliphatic carbocycles. The van der Waals surface area contributed by atoms with Crippen LogP contribution in [-0.4, -0.2) is 17.5 Å². The number of amides is 1. The van der Waals surface area contributed by atoms with Crippen molar-refractivity contribution < 1.29 is 9.53 Å². The maximum atomic E-state index is 11.7. The zero-order valence-corrected chi connectivity index (χ0v) is 9.15. The average Bonchev–Trinajstić information content (AvgIpc) is 2.60. The Labute approximate surface area is 93.5 Å². The Hall–Kier alpha value is -2.04. The lowest BCUT2D eigenvalue weighted by Gasteiger charge is -2.16. The van der Waals surface area contributed by atoms with E-state index in [2.05, 4.69) is 15.8 Å². The standard InChI is InChI=1S/C11H13N3O2/c1-11(2)14-13-10(16-11)9(15)12-8-6-4-3-5-7-8/h3-7,14H,1-2H3,(H,12,15). The number of para-hydroxylation sites is 1. The van der Waals surface area contributed by atoms with Gasteiger partial charge in [0.1, 0.15) is 0 Å². The third-order valence-corrected chi connectivity index (χ3v) is 2.00. The molecule has 1 aliphatic heterocycles. The van der Waals surface area contributed by atoms with Crippen molar-refractivity contribution in [3.05, 3.63) is 30.3 Å². The third-order valence-electron chi connectivity index (χ3n) is 2.00. The molecule has 0 unspecified atom stereocenters. The first-order chi connectivity index (χ1) is 7.57. The van der Waals surface area contributed by atoms with Gasteiger partial charge in [0, 0.05) is 5.69 Å². The van der Waals surface area contributed by atoms with Crippen molar-refractivity contribution in [3.63, 3.8) is 0 Å². The van der Waals surface area contributed by atoms with Crippen LogP contribution < -0.4 is 10.7 Å². The van der Waals surface area contributed by atoms with E-state index in [-0.39, 0.29) is 11.8 Å². The Bertz CT molecular complexity index is 426. The van der Waals surface area contributed by atoms with Gasteiger partial charge in [-0.05, 0) is 26.0 Å². The second-order valence-electron chi connectivity index (χ2n) is 3.96. The SMILES string of the molecule is CC1(C)NN=C(C(=O)Nc2ccccc2)O1. The molecule has 5 heteroatoms. The lowest BCUT2D eigenvalue weighted by atomic mass is 10.3. The Kier molecular flexibility index (Phi) is 2.52. The van der Waals surface area contributed by atoms with Gasteiger partial charge in [-0.15, -0.1) is 5.10 Å².